The molecular formula is C12H18N2O2. The van der Waals surface area contributed by atoms with Crippen molar-refractivity contribution < 1.29 is 9.53 Å². The maximum atomic E-state index is 11.0. The quantitative estimate of drug-likeness (QED) is 0.804. The van der Waals surface area contributed by atoms with Gasteiger partial charge in [-0.3, -0.25) is 4.79 Å². The number of hydrogen-bond acceptors (Lipinski definition) is 3. The van der Waals surface area contributed by atoms with Crippen LogP contribution >= 0.6 is 0 Å². The van der Waals surface area contributed by atoms with E-state index in [0.717, 1.165) is 18.7 Å². The van der Waals surface area contributed by atoms with Crippen LogP contribution in [-0.4, -0.2) is 19.6 Å². The van der Waals surface area contributed by atoms with Crippen molar-refractivity contribution in [1.82, 2.24) is 0 Å². The maximum absolute atomic E-state index is 11.0. The van der Waals surface area contributed by atoms with E-state index in [1.165, 1.54) is 6.92 Å². The minimum atomic E-state index is -0.104. The van der Waals surface area contributed by atoms with Gasteiger partial charge in [0.2, 0.25) is 5.91 Å². The number of nitrogens with one attached hydrogen (secondary N) is 2. The lowest BCUT2D eigenvalue weighted by Crippen LogP contribution is -2.07. The Balaban J connectivity index is 2.83. The molecule has 0 atom stereocenters. The van der Waals surface area contributed by atoms with Crippen LogP contribution in [0.15, 0.2) is 18.2 Å². The maximum Gasteiger partial charge on any atom is 0.221 e. The van der Waals surface area contributed by atoms with Gasteiger partial charge in [-0.25, -0.2) is 0 Å². The Morgan fingerprint density at radius 2 is 2.19 bits per heavy atom. The summed E-state index contributed by atoms with van der Waals surface area (Å²) in [6.45, 7) is 4.50. The van der Waals surface area contributed by atoms with Crippen LogP contribution < -0.4 is 15.4 Å². The molecule has 1 aromatic rings. The largest absolute Gasteiger partial charge is 0.494 e. The first-order valence-corrected chi connectivity index (χ1v) is 5.37. The summed E-state index contributed by atoms with van der Waals surface area (Å²) in [6.07, 6.45) is 1.07. The molecule has 0 aliphatic heterocycles. The van der Waals surface area contributed by atoms with E-state index in [2.05, 4.69) is 17.6 Å². The predicted molar refractivity (Wildman–Crippen MR) is 66.1 cm³/mol. The number of carbonyl (C=O) groups is 1. The number of carbonyl (C=O) groups excluding carboxylic acids is 1. The van der Waals surface area contributed by atoms with Gasteiger partial charge in [0.15, 0.2) is 0 Å². The molecule has 88 valence electrons. The lowest BCUT2D eigenvalue weighted by molar-refractivity contribution is -0.114. The molecule has 1 rings (SSSR count). The zero-order valence-corrected chi connectivity index (χ0v) is 9.96. The van der Waals surface area contributed by atoms with E-state index >= 15 is 0 Å². The molecule has 0 saturated carbocycles. The SMILES string of the molecule is CCCNc1ccc(NC(C)=O)c(OC)c1. The molecule has 0 radical (unpaired) electrons. The van der Waals surface area contributed by atoms with Crippen LogP contribution in [0.25, 0.3) is 0 Å². The van der Waals surface area contributed by atoms with E-state index in [9.17, 15) is 4.79 Å². The lowest BCUT2D eigenvalue weighted by atomic mass is 10.2. The minimum absolute atomic E-state index is 0.104. The van der Waals surface area contributed by atoms with Gasteiger partial charge in [-0.1, -0.05) is 6.92 Å². The van der Waals surface area contributed by atoms with Crippen molar-refractivity contribution in [1.29, 1.82) is 0 Å². The predicted octanol–water partition coefficient (Wildman–Crippen LogP) is 2.48. The molecule has 0 aliphatic rings. The average molecular weight is 222 g/mol. The van der Waals surface area contributed by atoms with Crippen LogP contribution in [0.4, 0.5) is 11.4 Å². The average Bonchev–Trinajstić information content (AvgIpc) is 2.27. The second-order valence-electron chi connectivity index (χ2n) is 3.52. The fourth-order valence-corrected chi connectivity index (χ4v) is 1.36. The van der Waals surface area contributed by atoms with Crippen molar-refractivity contribution in [3.8, 4) is 5.75 Å². The number of hydrogen-bond donors (Lipinski definition) is 2. The van der Waals surface area contributed by atoms with E-state index in [4.69, 9.17) is 4.74 Å². The first-order chi connectivity index (χ1) is 7.67. The highest BCUT2D eigenvalue weighted by atomic mass is 16.5. The van der Waals surface area contributed by atoms with Crippen LogP contribution in [-0.2, 0) is 4.79 Å². The number of rotatable bonds is 5. The summed E-state index contributed by atoms with van der Waals surface area (Å²) in [4.78, 5) is 11.0. The first kappa shape index (κ1) is 12.4. The standard InChI is InChI=1S/C12H18N2O2/c1-4-7-13-10-5-6-11(14-9(2)15)12(8-10)16-3/h5-6,8,13H,4,7H2,1-3H3,(H,14,15). The van der Waals surface area contributed by atoms with Gasteiger partial charge in [0.1, 0.15) is 5.75 Å². The normalized spacial score (nSPS) is 9.69. The molecule has 0 saturated heterocycles. The minimum Gasteiger partial charge on any atom is -0.494 e. The molecule has 4 heteroatoms. The Kier molecular flexibility index (Phi) is 4.64. The fraction of sp³-hybridized carbons (Fsp3) is 0.417. The smallest absolute Gasteiger partial charge is 0.221 e. The van der Waals surface area contributed by atoms with Gasteiger partial charge in [0.05, 0.1) is 12.8 Å². The number of ether oxygens (including phenoxy) is 1. The molecule has 16 heavy (non-hydrogen) atoms. The van der Waals surface area contributed by atoms with Crippen molar-refractivity contribution >= 4 is 17.3 Å². The molecule has 1 aromatic carbocycles. The van der Waals surface area contributed by atoms with Crippen LogP contribution in [0, 0.1) is 0 Å². The van der Waals surface area contributed by atoms with Gasteiger partial charge in [-0.2, -0.15) is 0 Å². The van der Waals surface area contributed by atoms with Crippen LogP contribution in [0.5, 0.6) is 5.75 Å². The van der Waals surface area contributed by atoms with Crippen LogP contribution in [0.2, 0.25) is 0 Å². The third-order valence-corrected chi connectivity index (χ3v) is 2.09. The van der Waals surface area contributed by atoms with Crippen molar-refractivity contribution in [3.05, 3.63) is 18.2 Å². The topological polar surface area (TPSA) is 50.4 Å². The highest BCUT2D eigenvalue weighted by Gasteiger charge is 2.05. The van der Waals surface area contributed by atoms with Crippen molar-refractivity contribution in [2.45, 2.75) is 20.3 Å². The lowest BCUT2D eigenvalue weighted by Gasteiger charge is -2.11. The van der Waals surface area contributed by atoms with Crippen LogP contribution in [0.3, 0.4) is 0 Å². The zero-order chi connectivity index (χ0) is 12.0. The summed E-state index contributed by atoms with van der Waals surface area (Å²) < 4.78 is 5.21. The summed E-state index contributed by atoms with van der Waals surface area (Å²) in [6, 6.07) is 5.63. The first-order valence-electron chi connectivity index (χ1n) is 5.37. The number of benzene rings is 1. The van der Waals surface area contributed by atoms with E-state index in [-0.39, 0.29) is 5.91 Å². The summed E-state index contributed by atoms with van der Waals surface area (Å²) in [5, 5.41) is 5.97. The van der Waals surface area contributed by atoms with Gasteiger partial charge in [0.25, 0.3) is 0 Å². The number of amides is 1. The molecule has 0 bridgehead atoms. The summed E-state index contributed by atoms with van der Waals surface area (Å²) in [5.74, 6) is 0.559. The number of methoxy groups -OCH3 is 1. The summed E-state index contributed by atoms with van der Waals surface area (Å²) in [5.41, 5.74) is 1.69. The van der Waals surface area contributed by atoms with E-state index < -0.39 is 0 Å². The zero-order valence-electron chi connectivity index (χ0n) is 9.96. The van der Waals surface area contributed by atoms with Gasteiger partial charge in [-0.05, 0) is 18.6 Å². The molecule has 0 unspecified atom stereocenters. The molecule has 0 spiro atoms. The summed E-state index contributed by atoms with van der Waals surface area (Å²) >= 11 is 0. The Hall–Kier alpha value is -1.71. The second-order valence-corrected chi connectivity index (χ2v) is 3.52. The molecular weight excluding hydrogens is 204 g/mol. The third-order valence-electron chi connectivity index (χ3n) is 2.09. The monoisotopic (exact) mass is 222 g/mol. The van der Waals surface area contributed by atoms with E-state index in [1.54, 1.807) is 7.11 Å². The molecule has 0 heterocycles. The third kappa shape index (κ3) is 3.46. The fourth-order valence-electron chi connectivity index (χ4n) is 1.36. The van der Waals surface area contributed by atoms with Crippen molar-refractivity contribution in [2.24, 2.45) is 0 Å². The Morgan fingerprint density at radius 1 is 1.44 bits per heavy atom. The molecule has 0 fully saturated rings. The highest BCUT2D eigenvalue weighted by molar-refractivity contribution is 5.90. The molecule has 2 N–H and O–H groups in total. The van der Waals surface area contributed by atoms with E-state index in [0.29, 0.717) is 11.4 Å². The van der Waals surface area contributed by atoms with E-state index in [1.807, 2.05) is 18.2 Å². The van der Waals surface area contributed by atoms with Gasteiger partial charge < -0.3 is 15.4 Å². The Bertz CT molecular complexity index is 364. The molecule has 0 aromatic heterocycles. The van der Waals surface area contributed by atoms with Crippen LogP contribution in [0.1, 0.15) is 20.3 Å². The number of anilines is 2. The van der Waals surface area contributed by atoms with Crippen molar-refractivity contribution in [3.63, 3.8) is 0 Å². The molecule has 4 nitrogen and oxygen atoms in total. The Morgan fingerprint density at radius 3 is 2.75 bits per heavy atom. The second kappa shape index (κ2) is 6.00. The van der Waals surface area contributed by atoms with Gasteiger partial charge in [-0.15, -0.1) is 0 Å². The molecule has 1 amide bonds. The highest BCUT2D eigenvalue weighted by Crippen LogP contribution is 2.27. The van der Waals surface area contributed by atoms with Gasteiger partial charge in [0, 0.05) is 25.2 Å². The summed E-state index contributed by atoms with van der Waals surface area (Å²) in [7, 11) is 1.59. The van der Waals surface area contributed by atoms with Crippen molar-refractivity contribution in [2.75, 3.05) is 24.3 Å². The Labute approximate surface area is 96.0 Å². The molecule has 0 aliphatic carbocycles. The van der Waals surface area contributed by atoms with Gasteiger partial charge >= 0.3 is 0 Å².